The summed E-state index contributed by atoms with van der Waals surface area (Å²) >= 11 is 0. The first-order chi connectivity index (χ1) is 6.81. The van der Waals surface area contributed by atoms with Gasteiger partial charge < -0.3 is 10.2 Å². The molecule has 0 fully saturated rings. The average molecular weight is 188 g/mol. The molecule has 3 nitrogen and oxygen atoms in total. The van der Waals surface area contributed by atoms with Gasteiger partial charge in [0.15, 0.2) is 0 Å². The van der Waals surface area contributed by atoms with E-state index in [1.807, 2.05) is 29.2 Å². The smallest absolute Gasteiger partial charge is 0.243 e. The fourth-order valence-corrected chi connectivity index (χ4v) is 1.62. The number of carbonyl (C=O) groups excluding carboxylic acids is 1. The molecule has 14 heavy (non-hydrogen) atoms. The summed E-state index contributed by atoms with van der Waals surface area (Å²) in [6.07, 6.45) is 1.80. The van der Waals surface area contributed by atoms with Crippen LogP contribution in [-0.4, -0.2) is 19.0 Å². The van der Waals surface area contributed by atoms with Crippen LogP contribution in [0.4, 0.5) is 11.4 Å². The van der Waals surface area contributed by atoms with Crippen molar-refractivity contribution >= 4 is 17.3 Å². The van der Waals surface area contributed by atoms with Crippen molar-refractivity contribution in [2.24, 2.45) is 0 Å². The molecule has 72 valence electrons. The molecule has 0 unspecified atom stereocenters. The predicted octanol–water partition coefficient (Wildman–Crippen LogP) is 1.63. The third kappa shape index (κ3) is 1.48. The van der Waals surface area contributed by atoms with E-state index in [2.05, 4.69) is 11.9 Å². The first-order valence-corrected chi connectivity index (χ1v) is 4.56. The molecule has 1 aromatic carbocycles. The van der Waals surface area contributed by atoms with E-state index in [9.17, 15) is 4.79 Å². The van der Waals surface area contributed by atoms with Crippen molar-refractivity contribution in [2.75, 3.05) is 23.3 Å². The third-order valence-corrected chi connectivity index (χ3v) is 2.20. The summed E-state index contributed by atoms with van der Waals surface area (Å²) in [7, 11) is 0. The topological polar surface area (TPSA) is 32.3 Å². The summed E-state index contributed by atoms with van der Waals surface area (Å²) < 4.78 is 0. The molecule has 0 atom stereocenters. The zero-order valence-corrected chi connectivity index (χ0v) is 7.86. The Morgan fingerprint density at radius 3 is 3.07 bits per heavy atom. The van der Waals surface area contributed by atoms with Crippen LogP contribution in [0.15, 0.2) is 36.9 Å². The van der Waals surface area contributed by atoms with Crippen molar-refractivity contribution in [1.82, 2.24) is 0 Å². The van der Waals surface area contributed by atoms with Gasteiger partial charge in [-0.15, -0.1) is 6.58 Å². The van der Waals surface area contributed by atoms with E-state index in [4.69, 9.17) is 0 Å². The van der Waals surface area contributed by atoms with Gasteiger partial charge in [0.25, 0.3) is 0 Å². The number of carbonyl (C=O) groups is 1. The molecular weight excluding hydrogens is 176 g/mol. The maximum absolute atomic E-state index is 11.3. The highest BCUT2D eigenvalue weighted by molar-refractivity contribution is 6.01. The van der Waals surface area contributed by atoms with Crippen molar-refractivity contribution in [3.05, 3.63) is 36.9 Å². The number of hydrogen-bond donors (Lipinski definition) is 1. The Labute approximate surface area is 83.0 Å². The molecule has 0 saturated carbocycles. The van der Waals surface area contributed by atoms with Gasteiger partial charge in [0.1, 0.15) is 0 Å². The van der Waals surface area contributed by atoms with Crippen molar-refractivity contribution in [3.8, 4) is 0 Å². The molecule has 1 heterocycles. The predicted molar refractivity (Wildman–Crippen MR) is 57.5 cm³/mol. The molecule has 1 aliphatic heterocycles. The highest BCUT2D eigenvalue weighted by Gasteiger charge is 2.19. The maximum atomic E-state index is 11.3. The van der Waals surface area contributed by atoms with Crippen molar-refractivity contribution in [1.29, 1.82) is 0 Å². The van der Waals surface area contributed by atoms with Crippen molar-refractivity contribution in [2.45, 2.75) is 0 Å². The second kappa shape index (κ2) is 3.54. The van der Waals surface area contributed by atoms with Gasteiger partial charge in [-0.1, -0.05) is 18.2 Å². The standard InChI is InChI=1S/C11H12N2O/c1-2-7-13-8-11(14)12-9-5-3-4-6-10(9)13/h2-6H,1,7-8H2,(H,12,14). The van der Waals surface area contributed by atoms with Crippen LogP contribution >= 0.6 is 0 Å². The number of hydrogen-bond acceptors (Lipinski definition) is 2. The van der Waals surface area contributed by atoms with Crippen LogP contribution in [0.1, 0.15) is 0 Å². The van der Waals surface area contributed by atoms with Gasteiger partial charge in [-0.25, -0.2) is 0 Å². The first kappa shape index (κ1) is 8.81. The Morgan fingerprint density at radius 2 is 2.29 bits per heavy atom. The zero-order valence-electron chi connectivity index (χ0n) is 7.86. The first-order valence-electron chi connectivity index (χ1n) is 4.56. The molecule has 0 spiro atoms. The molecule has 3 heteroatoms. The molecular formula is C11H12N2O. The lowest BCUT2D eigenvalue weighted by Crippen LogP contribution is -2.38. The van der Waals surface area contributed by atoms with Crippen molar-refractivity contribution < 1.29 is 4.79 Å². The highest BCUT2D eigenvalue weighted by atomic mass is 16.2. The number of fused-ring (bicyclic) bond motifs is 1. The number of amides is 1. The minimum absolute atomic E-state index is 0.0329. The quantitative estimate of drug-likeness (QED) is 0.715. The normalized spacial score (nSPS) is 14.6. The van der Waals surface area contributed by atoms with E-state index in [0.717, 1.165) is 11.4 Å². The Balaban J connectivity index is 2.37. The molecule has 0 aliphatic carbocycles. The van der Waals surface area contributed by atoms with E-state index in [0.29, 0.717) is 13.1 Å². The van der Waals surface area contributed by atoms with Crippen LogP contribution in [0.25, 0.3) is 0 Å². The van der Waals surface area contributed by atoms with E-state index in [-0.39, 0.29) is 5.91 Å². The Kier molecular flexibility index (Phi) is 2.23. The SMILES string of the molecule is C=CCN1CC(=O)Nc2ccccc21. The molecule has 1 aromatic rings. The van der Waals surface area contributed by atoms with Crippen LogP contribution < -0.4 is 10.2 Å². The highest BCUT2D eigenvalue weighted by Crippen LogP contribution is 2.28. The third-order valence-electron chi connectivity index (χ3n) is 2.20. The zero-order chi connectivity index (χ0) is 9.97. The van der Waals surface area contributed by atoms with Crippen LogP contribution in [0.2, 0.25) is 0 Å². The monoisotopic (exact) mass is 188 g/mol. The minimum Gasteiger partial charge on any atom is -0.357 e. The van der Waals surface area contributed by atoms with E-state index < -0.39 is 0 Å². The number of para-hydroxylation sites is 2. The average Bonchev–Trinajstić information content (AvgIpc) is 2.18. The van der Waals surface area contributed by atoms with Gasteiger partial charge in [0, 0.05) is 6.54 Å². The van der Waals surface area contributed by atoms with Crippen LogP contribution in [0.3, 0.4) is 0 Å². The second-order valence-electron chi connectivity index (χ2n) is 3.23. The number of anilines is 2. The van der Waals surface area contributed by atoms with Gasteiger partial charge in [-0.2, -0.15) is 0 Å². The molecule has 1 N–H and O–H groups in total. The largest absolute Gasteiger partial charge is 0.357 e. The van der Waals surface area contributed by atoms with Gasteiger partial charge in [0.2, 0.25) is 5.91 Å². The summed E-state index contributed by atoms with van der Waals surface area (Å²) in [5, 5.41) is 2.83. The maximum Gasteiger partial charge on any atom is 0.243 e. The number of nitrogens with zero attached hydrogens (tertiary/aromatic N) is 1. The molecule has 0 saturated heterocycles. The number of benzene rings is 1. The molecule has 0 radical (unpaired) electrons. The summed E-state index contributed by atoms with van der Waals surface area (Å²) in [5.41, 5.74) is 1.94. The Hall–Kier alpha value is -1.77. The summed E-state index contributed by atoms with van der Waals surface area (Å²) in [5.74, 6) is 0.0329. The van der Waals surface area contributed by atoms with Crippen LogP contribution in [0, 0.1) is 0 Å². The van der Waals surface area contributed by atoms with Gasteiger partial charge in [-0.05, 0) is 12.1 Å². The van der Waals surface area contributed by atoms with Crippen molar-refractivity contribution in [3.63, 3.8) is 0 Å². The molecule has 1 aliphatic rings. The lowest BCUT2D eigenvalue weighted by molar-refractivity contribution is -0.115. The van der Waals surface area contributed by atoms with Gasteiger partial charge in [-0.3, -0.25) is 4.79 Å². The fraction of sp³-hybridized carbons (Fsp3) is 0.182. The minimum atomic E-state index is 0.0329. The van der Waals surface area contributed by atoms with Crippen LogP contribution in [-0.2, 0) is 4.79 Å². The molecule has 0 bridgehead atoms. The number of rotatable bonds is 2. The molecule has 0 aromatic heterocycles. The number of nitrogens with one attached hydrogen (secondary N) is 1. The lowest BCUT2D eigenvalue weighted by Gasteiger charge is -2.29. The van der Waals surface area contributed by atoms with Gasteiger partial charge >= 0.3 is 0 Å². The van der Waals surface area contributed by atoms with Gasteiger partial charge in [0.05, 0.1) is 17.9 Å². The Bertz CT molecular complexity index is 373. The summed E-state index contributed by atoms with van der Waals surface area (Å²) in [6.45, 7) is 4.78. The molecule has 2 rings (SSSR count). The summed E-state index contributed by atoms with van der Waals surface area (Å²) in [4.78, 5) is 13.3. The molecule has 1 amide bonds. The second-order valence-corrected chi connectivity index (χ2v) is 3.23. The summed E-state index contributed by atoms with van der Waals surface area (Å²) in [6, 6.07) is 7.78. The van der Waals surface area contributed by atoms with Crippen LogP contribution in [0.5, 0.6) is 0 Å². The lowest BCUT2D eigenvalue weighted by atomic mass is 10.2. The van der Waals surface area contributed by atoms with E-state index in [1.165, 1.54) is 0 Å². The van der Waals surface area contributed by atoms with E-state index >= 15 is 0 Å². The Morgan fingerprint density at radius 1 is 1.50 bits per heavy atom. The fourth-order valence-electron chi connectivity index (χ4n) is 1.62. The van der Waals surface area contributed by atoms with E-state index in [1.54, 1.807) is 6.08 Å².